The van der Waals surface area contributed by atoms with Crippen LogP contribution in [0.1, 0.15) is 20.7 Å². The van der Waals surface area contributed by atoms with Gasteiger partial charge in [-0.15, -0.1) is 0 Å². The maximum absolute atomic E-state index is 12.7. The Labute approximate surface area is 150 Å². The van der Waals surface area contributed by atoms with Gasteiger partial charge in [-0.25, -0.2) is 0 Å². The first kappa shape index (κ1) is 17.6. The van der Waals surface area contributed by atoms with Crippen LogP contribution in [0.3, 0.4) is 0 Å². The molecule has 7 nitrogen and oxygen atoms in total. The molecule has 0 saturated heterocycles. The number of ether oxygens (including phenoxy) is 5. The molecule has 0 amide bonds. The number of methoxy groups -OCH3 is 5. The van der Waals surface area contributed by atoms with E-state index in [0.717, 1.165) is 0 Å². The molecule has 0 fully saturated rings. The average Bonchev–Trinajstić information content (AvgIpc) is 2.68. The minimum Gasteiger partial charge on any atom is -0.493 e. The largest absolute Gasteiger partial charge is 0.493 e. The Morgan fingerprint density at radius 1 is 0.538 bits per heavy atom. The summed E-state index contributed by atoms with van der Waals surface area (Å²) in [7, 11) is 7.33. The van der Waals surface area contributed by atoms with Gasteiger partial charge in [0.25, 0.3) is 0 Å². The highest BCUT2D eigenvalue weighted by Crippen LogP contribution is 2.51. The van der Waals surface area contributed by atoms with E-state index in [4.69, 9.17) is 23.7 Å². The van der Waals surface area contributed by atoms with E-state index < -0.39 is 11.6 Å². The first-order chi connectivity index (χ1) is 12.5. The number of Topliss-reactive ketones (excluding diaryl/α,β-unsaturated/α-hetero) is 2. The van der Waals surface area contributed by atoms with Crippen molar-refractivity contribution in [2.45, 2.75) is 0 Å². The average molecular weight is 358 g/mol. The fourth-order valence-electron chi connectivity index (χ4n) is 3.12. The van der Waals surface area contributed by atoms with Gasteiger partial charge in [0.1, 0.15) is 0 Å². The van der Waals surface area contributed by atoms with Crippen molar-refractivity contribution < 1.29 is 33.3 Å². The second kappa shape index (κ2) is 6.59. The van der Waals surface area contributed by atoms with Gasteiger partial charge >= 0.3 is 0 Å². The maximum atomic E-state index is 12.7. The quantitative estimate of drug-likeness (QED) is 0.760. The third kappa shape index (κ3) is 2.35. The van der Waals surface area contributed by atoms with Crippen molar-refractivity contribution in [3.63, 3.8) is 0 Å². The van der Waals surface area contributed by atoms with Crippen LogP contribution in [0.4, 0.5) is 0 Å². The molecular formula is C19H18O7. The van der Waals surface area contributed by atoms with Crippen LogP contribution in [0.2, 0.25) is 0 Å². The summed E-state index contributed by atoms with van der Waals surface area (Å²) < 4.78 is 26.8. The highest BCUT2D eigenvalue weighted by atomic mass is 16.5. The van der Waals surface area contributed by atoms with Gasteiger partial charge in [0.2, 0.25) is 17.3 Å². The molecule has 26 heavy (non-hydrogen) atoms. The molecule has 1 aliphatic carbocycles. The number of hydrogen-bond donors (Lipinski definition) is 0. The van der Waals surface area contributed by atoms with Crippen LogP contribution in [0.15, 0.2) is 18.2 Å². The predicted molar refractivity (Wildman–Crippen MR) is 93.3 cm³/mol. The monoisotopic (exact) mass is 358 g/mol. The SMILES string of the molecule is COc1cc2c(cc1OC)-c1c(cc(OC)c(OC)c1OC)C(=O)C2=O. The van der Waals surface area contributed by atoms with Crippen LogP contribution in [0, 0.1) is 0 Å². The summed E-state index contributed by atoms with van der Waals surface area (Å²) in [4.78, 5) is 25.3. The molecule has 3 rings (SSSR count). The molecule has 0 heterocycles. The molecule has 0 N–H and O–H groups in total. The minimum atomic E-state index is -0.654. The van der Waals surface area contributed by atoms with Crippen LogP contribution >= 0.6 is 0 Å². The normalized spacial score (nSPS) is 12.2. The van der Waals surface area contributed by atoms with Gasteiger partial charge in [0.15, 0.2) is 23.0 Å². The Morgan fingerprint density at radius 3 is 1.50 bits per heavy atom. The second-order valence-corrected chi connectivity index (χ2v) is 5.48. The Hall–Kier alpha value is -3.22. The Morgan fingerprint density at radius 2 is 1.00 bits per heavy atom. The molecule has 1 aliphatic rings. The van der Waals surface area contributed by atoms with E-state index in [2.05, 4.69) is 0 Å². The lowest BCUT2D eigenvalue weighted by Gasteiger charge is -2.24. The number of fused-ring (bicyclic) bond motifs is 3. The van der Waals surface area contributed by atoms with Gasteiger partial charge in [-0.3, -0.25) is 9.59 Å². The van der Waals surface area contributed by atoms with Gasteiger partial charge in [0, 0.05) is 22.3 Å². The molecule has 0 unspecified atom stereocenters. The van der Waals surface area contributed by atoms with Gasteiger partial charge in [0.05, 0.1) is 35.5 Å². The Balaban J connectivity index is 2.45. The summed E-state index contributed by atoms with van der Waals surface area (Å²) in [5.41, 5.74) is 1.35. The van der Waals surface area contributed by atoms with Crippen molar-refractivity contribution in [3.05, 3.63) is 29.3 Å². The van der Waals surface area contributed by atoms with Crippen LogP contribution in [0.5, 0.6) is 28.7 Å². The summed E-state index contributed by atoms with van der Waals surface area (Å²) in [5, 5.41) is 0. The highest BCUT2D eigenvalue weighted by molar-refractivity contribution is 6.53. The number of carbonyl (C=O) groups is 2. The molecule has 0 saturated carbocycles. The zero-order chi connectivity index (χ0) is 19.0. The van der Waals surface area contributed by atoms with E-state index in [1.165, 1.54) is 47.7 Å². The van der Waals surface area contributed by atoms with Crippen molar-refractivity contribution >= 4 is 11.6 Å². The summed E-state index contributed by atoms with van der Waals surface area (Å²) in [6.07, 6.45) is 0. The van der Waals surface area contributed by atoms with E-state index in [-0.39, 0.29) is 11.1 Å². The lowest BCUT2D eigenvalue weighted by Crippen LogP contribution is -2.22. The first-order valence-corrected chi connectivity index (χ1v) is 7.70. The lowest BCUT2D eigenvalue weighted by atomic mass is 9.82. The first-order valence-electron chi connectivity index (χ1n) is 7.70. The zero-order valence-corrected chi connectivity index (χ0v) is 15.1. The maximum Gasteiger partial charge on any atom is 0.234 e. The van der Waals surface area contributed by atoms with Crippen molar-refractivity contribution in [1.82, 2.24) is 0 Å². The molecule has 2 aromatic carbocycles. The molecule has 0 radical (unpaired) electrons. The third-order valence-electron chi connectivity index (χ3n) is 4.32. The molecular weight excluding hydrogens is 340 g/mol. The number of rotatable bonds is 5. The molecule has 0 spiro atoms. The van der Waals surface area contributed by atoms with Crippen LogP contribution in [-0.4, -0.2) is 47.1 Å². The van der Waals surface area contributed by atoms with E-state index in [1.807, 2.05) is 0 Å². The molecule has 0 atom stereocenters. The van der Waals surface area contributed by atoms with Crippen molar-refractivity contribution in [2.24, 2.45) is 0 Å². The standard InChI is InChI=1S/C19H18O7/c1-22-12-6-9-10(7-13(12)23-2)16(20)17(21)11-8-14(24-3)18(25-4)19(26-5)15(9)11/h6-8H,1-5H3. The van der Waals surface area contributed by atoms with E-state index in [9.17, 15) is 9.59 Å². The number of ketones is 2. The lowest BCUT2D eigenvalue weighted by molar-refractivity contribution is 0.0814. The van der Waals surface area contributed by atoms with Crippen LogP contribution in [0.25, 0.3) is 11.1 Å². The second-order valence-electron chi connectivity index (χ2n) is 5.48. The third-order valence-corrected chi connectivity index (χ3v) is 4.32. The molecule has 0 aliphatic heterocycles. The van der Waals surface area contributed by atoms with Gasteiger partial charge < -0.3 is 23.7 Å². The molecule has 0 aromatic heterocycles. The summed E-state index contributed by atoms with van der Waals surface area (Å²) in [6.45, 7) is 0. The fourth-order valence-corrected chi connectivity index (χ4v) is 3.12. The minimum absolute atomic E-state index is 0.184. The topological polar surface area (TPSA) is 80.3 Å². The summed E-state index contributed by atoms with van der Waals surface area (Å²) in [6, 6.07) is 4.62. The predicted octanol–water partition coefficient (Wildman–Crippen LogP) is 2.78. The van der Waals surface area contributed by atoms with Gasteiger partial charge in [-0.05, 0) is 18.2 Å². The van der Waals surface area contributed by atoms with E-state index in [1.54, 1.807) is 6.07 Å². The molecule has 136 valence electrons. The molecule has 7 heteroatoms. The van der Waals surface area contributed by atoms with Gasteiger partial charge in [-0.1, -0.05) is 0 Å². The number of carbonyl (C=O) groups excluding carboxylic acids is 2. The van der Waals surface area contributed by atoms with E-state index >= 15 is 0 Å². The van der Waals surface area contributed by atoms with Crippen LogP contribution < -0.4 is 23.7 Å². The zero-order valence-electron chi connectivity index (χ0n) is 15.1. The summed E-state index contributed by atoms with van der Waals surface area (Å²) >= 11 is 0. The summed E-state index contributed by atoms with van der Waals surface area (Å²) in [5.74, 6) is 0.425. The van der Waals surface area contributed by atoms with Crippen molar-refractivity contribution in [2.75, 3.05) is 35.5 Å². The number of benzene rings is 2. The molecule has 2 aromatic rings. The van der Waals surface area contributed by atoms with Crippen molar-refractivity contribution in [1.29, 1.82) is 0 Å². The highest BCUT2D eigenvalue weighted by Gasteiger charge is 2.36. The molecule has 0 bridgehead atoms. The fraction of sp³-hybridized carbons (Fsp3) is 0.263. The van der Waals surface area contributed by atoms with E-state index in [0.29, 0.717) is 39.9 Å². The Bertz CT molecular complexity index is 915. The van der Waals surface area contributed by atoms with Crippen molar-refractivity contribution in [3.8, 4) is 39.9 Å². The number of hydrogen-bond acceptors (Lipinski definition) is 7. The Kier molecular flexibility index (Phi) is 4.46. The van der Waals surface area contributed by atoms with Crippen LogP contribution in [-0.2, 0) is 0 Å². The smallest absolute Gasteiger partial charge is 0.234 e. The van der Waals surface area contributed by atoms with Gasteiger partial charge in [-0.2, -0.15) is 0 Å².